The van der Waals surface area contributed by atoms with E-state index in [1.54, 1.807) is 0 Å². The second-order valence-corrected chi connectivity index (χ2v) is 8.80. The van der Waals surface area contributed by atoms with Gasteiger partial charge in [0.1, 0.15) is 12.2 Å². The van der Waals surface area contributed by atoms with Crippen molar-refractivity contribution in [2.24, 2.45) is 0 Å². The van der Waals surface area contributed by atoms with E-state index in [-0.39, 0.29) is 43.7 Å². The van der Waals surface area contributed by atoms with E-state index in [1.807, 2.05) is 54.6 Å². The minimum absolute atomic E-state index is 0.0227. The van der Waals surface area contributed by atoms with Crippen molar-refractivity contribution in [3.8, 4) is 0 Å². The largest absolute Gasteiger partial charge is 0.356 e. The maximum atomic E-state index is 14.3. The molecule has 7 heteroatoms. The number of hydrogen-bond donors (Lipinski definition) is 2. The first-order valence-electron chi connectivity index (χ1n) is 11.4. The Balaban J connectivity index is 1.79. The minimum Gasteiger partial charge on any atom is -0.356 e. The van der Waals surface area contributed by atoms with Gasteiger partial charge in [0.25, 0.3) is 0 Å². The van der Waals surface area contributed by atoms with E-state index in [1.165, 1.54) is 17.4 Å². The van der Waals surface area contributed by atoms with Gasteiger partial charge in [-0.2, -0.15) is 0 Å². The van der Waals surface area contributed by atoms with Gasteiger partial charge in [-0.25, -0.2) is 4.39 Å². The molecule has 176 valence electrons. The highest BCUT2D eigenvalue weighted by Crippen LogP contribution is 2.27. The lowest BCUT2D eigenvalue weighted by Gasteiger charge is -2.27. The first-order chi connectivity index (χ1) is 15.8. The van der Waals surface area contributed by atoms with Crippen molar-refractivity contribution in [3.05, 3.63) is 71.3 Å². The van der Waals surface area contributed by atoms with Gasteiger partial charge in [-0.1, -0.05) is 68.4 Å². The van der Waals surface area contributed by atoms with Crippen molar-refractivity contribution < 1.29 is 18.8 Å². The molecule has 3 rings (SSSR count). The summed E-state index contributed by atoms with van der Waals surface area (Å²) in [5, 5.41) is 5.61. The summed E-state index contributed by atoms with van der Waals surface area (Å²) in [4.78, 5) is 38.3. The molecule has 0 spiro atoms. The summed E-state index contributed by atoms with van der Waals surface area (Å²) in [6, 6.07) is 16.4. The Morgan fingerprint density at radius 3 is 2.21 bits per heavy atom. The standard InChI is InChI=1S/C26H32FN3O3/c1-17(2)19-9-11-21(12-10-19)25(20-7-5-4-6-8-20)29-26(33)23-15-22(27)16-30(23)24(32)13-14-28-18(3)31/h4-12,17,22-23,25H,13-16H2,1-3H3,(H,28,31)(H,29,33)/t22-,23+,25+/m1/s1. The lowest BCUT2D eigenvalue weighted by atomic mass is 9.95. The molecule has 1 saturated heterocycles. The zero-order valence-corrected chi connectivity index (χ0v) is 19.4. The van der Waals surface area contributed by atoms with Gasteiger partial charge < -0.3 is 15.5 Å². The molecule has 0 radical (unpaired) electrons. The molecule has 0 aliphatic carbocycles. The number of benzene rings is 2. The summed E-state index contributed by atoms with van der Waals surface area (Å²) in [5.74, 6) is -0.580. The van der Waals surface area contributed by atoms with E-state index in [0.29, 0.717) is 5.92 Å². The molecule has 0 unspecified atom stereocenters. The molecule has 1 aliphatic rings. The number of nitrogens with one attached hydrogen (secondary N) is 2. The van der Waals surface area contributed by atoms with Crippen molar-refractivity contribution >= 4 is 17.7 Å². The third-order valence-corrected chi connectivity index (χ3v) is 5.94. The van der Waals surface area contributed by atoms with E-state index in [2.05, 4.69) is 24.5 Å². The predicted octanol–water partition coefficient (Wildman–Crippen LogP) is 3.48. The van der Waals surface area contributed by atoms with Crippen LogP contribution in [0.1, 0.15) is 62.3 Å². The number of carbonyl (C=O) groups is 3. The molecule has 1 aliphatic heterocycles. The third-order valence-electron chi connectivity index (χ3n) is 5.94. The van der Waals surface area contributed by atoms with E-state index in [0.717, 1.165) is 11.1 Å². The van der Waals surface area contributed by atoms with Crippen molar-refractivity contribution in [1.82, 2.24) is 15.5 Å². The highest BCUT2D eigenvalue weighted by atomic mass is 19.1. The van der Waals surface area contributed by atoms with Crippen LogP contribution in [-0.2, 0) is 14.4 Å². The molecule has 3 atom stereocenters. The van der Waals surface area contributed by atoms with Crippen LogP contribution in [0.15, 0.2) is 54.6 Å². The predicted molar refractivity (Wildman–Crippen MR) is 125 cm³/mol. The zero-order chi connectivity index (χ0) is 24.0. The van der Waals surface area contributed by atoms with Crippen LogP contribution in [0, 0.1) is 0 Å². The van der Waals surface area contributed by atoms with Gasteiger partial charge in [0.2, 0.25) is 17.7 Å². The van der Waals surface area contributed by atoms with Gasteiger partial charge in [0, 0.05) is 26.3 Å². The Labute approximate surface area is 194 Å². The van der Waals surface area contributed by atoms with Crippen molar-refractivity contribution in [1.29, 1.82) is 0 Å². The van der Waals surface area contributed by atoms with Gasteiger partial charge in [-0.05, 0) is 22.6 Å². The SMILES string of the molecule is CC(=O)NCCC(=O)N1C[C@H](F)C[C@H]1C(=O)N[C@@H](c1ccccc1)c1ccc(C(C)C)cc1. The lowest BCUT2D eigenvalue weighted by Crippen LogP contribution is -2.47. The number of carbonyl (C=O) groups excluding carboxylic acids is 3. The van der Waals surface area contributed by atoms with Gasteiger partial charge >= 0.3 is 0 Å². The molecule has 2 aromatic carbocycles. The number of halogens is 1. The van der Waals surface area contributed by atoms with Crippen LogP contribution in [0.4, 0.5) is 4.39 Å². The summed E-state index contributed by atoms with van der Waals surface area (Å²) in [6.07, 6.45) is -1.27. The Bertz CT molecular complexity index is 963. The molecule has 0 saturated carbocycles. The summed E-state index contributed by atoms with van der Waals surface area (Å²) in [7, 11) is 0. The number of nitrogens with zero attached hydrogens (tertiary/aromatic N) is 1. The fraction of sp³-hybridized carbons (Fsp3) is 0.423. The van der Waals surface area contributed by atoms with Crippen molar-refractivity contribution in [2.45, 2.75) is 57.8 Å². The van der Waals surface area contributed by atoms with Crippen LogP contribution >= 0.6 is 0 Å². The van der Waals surface area contributed by atoms with E-state index in [9.17, 15) is 18.8 Å². The van der Waals surface area contributed by atoms with Crippen LogP contribution in [0.2, 0.25) is 0 Å². The average Bonchev–Trinajstić information content (AvgIpc) is 3.19. The monoisotopic (exact) mass is 453 g/mol. The summed E-state index contributed by atoms with van der Waals surface area (Å²) < 4.78 is 14.3. The number of amides is 3. The van der Waals surface area contributed by atoms with Gasteiger partial charge in [-0.3, -0.25) is 14.4 Å². The maximum Gasteiger partial charge on any atom is 0.243 e. The van der Waals surface area contributed by atoms with Crippen LogP contribution < -0.4 is 10.6 Å². The molecule has 0 bridgehead atoms. The smallest absolute Gasteiger partial charge is 0.243 e. The quantitative estimate of drug-likeness (QED) is 0.642. The van der Waals surface area contributed by atoms with Crippen molar-refractivity contribution in [2.75, 3.05) is 13.1 Å². The molecule has 1 fully saturated rings. The zero-order valence-electron chi connectivity index (χ0n) is 19.4. The summed E-state index contributed by atoms with van der Waals surface area (Å²) >= 11 is 0. The normalized spacial score (nSPS) is 18.8. The number of rotatable bonds is 8. The molecule has 3 amide bonds. The molecule has 33 heavy (non-hydrogen) atoms. The second kappa shape index (κ2) is 11.1. The maximum absolute atomic E-state index is 14.3. The van der Waals surface area contributed by atoms with Crippen LogP contribution in [-0.4, -0.2) is 47.9 Å². The molecule has 1 heterocycles. The van der Waals surface area contributed by atoms with Crippen LogP contribution in [0.5, 0.6) is 0 Å². The number of hydrogen-bond acceptors (Lipinski definition) is 3. The highest BCUT2D eigenvalue weighted by Gasteiger charge is 2.40. The van der Waals surface area contributed by atoms with E-state index >= 15 is 0 Å². The minimum atomic E-state index is -1.26. The van der Waals surface area contributed by atoms with Crippen LogP contribution in [0.3, 0.4) is 0 Å². The summed E-state index contributed by atoms with van der Waals surface area (Å²) in [5.41, 5.74) is 3.02. The lowest BCUT2D eigenvalue weighted by molar-refractivity contribution is -0.138. The molecular weight excluding hydrogens is 421 g/mol. The fourth-order valence-corrected chi connectivity index (χ4v) is 4.11. The Hall–Kier alpha value is -3.22. The van der Waals surface area contributed by atoms with E-state index < -0.39 is 18.3 Å². The Morgan fingerprint density at radius 1 is 1.00 bits per heavy atom. The first-order valence-corrected chi connectivity index (χ1v) is 11.4. The second-order valence-electron chi connectivity index (χ2n) is 8.80. The molecule has 0 aromatic heterocycles. The fourth-order valence-electron chi connectivity index (χ4n) is 4.11. The topological polar surface area (TPSA) is 78.5 Å². The van der Waals surface area contributed by atoms with Crippen molar-refractivity contribution in [3.63, 3.8) is 0 Å². The Morgan fingerprint density at radius 2 is 1.61 bits per heavy atom. The van der Waals surface area contributed by atoms with Gasteiger partial charge in [0.05, 0.1) is 12.6 Å². The van der Waals surface area contributed by atoms with E-state index in [4.69, 9.17) is 0 Å². The molecule has 2 N–H and O–H groups in total. The summed E-state index contributed by atoms with van der Waals surface area (Å²) in [6.45, 7) is 5.65. The highest BCUT2D eigenvalue weighted by molar-refractivity contribution is 5.89. The Kier molecular flexibility index (Phi) is 8.20. The first kappa shape index (κ1) is 24.4. The molecular formula is C26H32FN3O3. The molecule has 2 aromatic rings. The van der Waals surface area contributed by atoms with Gasteiger partial charge in [0.15, 0.2) is 0 Å². The van der Waals surface area contributed by atoms with Gasteiger partial charge in [-0.15, -0.1) is 0 Å². The third kappa shape index (κ3) is 6.40. The van der Waals surface area contributed by atoms with Crippen LogP contribution in [0.25, 0.3) is 0 Å². The average molecular weight is 454 g/mol. The number of alkyl halides is 1. The molecule has 6 nitrogen and oxygen atoms in total. The number of likely N-dealkylation sites (tertiary alicyclic amines) is 1.